The minimum atomic E-state index is 0.822. The van der Waals surface area contributed by atoms with Crippen LogP contribution in [0, 0.1) is 19.8 Å². The van der Waals surface area contributed by atoms with E-state index in [4.69, 9.17) is 0 Å². The van der Waals surface area contributed by atoms with Crippen molar-refractivity contribution in [1.29, 1.82) is 0 Å². The third-order valence-corrected chi connectivity index (χ3v) is 4.76. The van der Waals surface area contributed by atoms with Gasteiger partial charge in [-0.15, -0.1) is 11.3 Å². The molecule has 0 aromatic carbocycles. The van der Waals surface area contributed by atoms with Gasteiger partial charge in [0, 0.05) is 11.4 Å². The fourth-order valence-electron chi connectivity index (χ4n) is 2.29. The minimum absolute atomic E-state index is 0.822. The average Bonchev–Trinajstić information content (AvgIpc) is 2.67. The Morgan fingerprint density at radius 3 is 2.59 bits per heavy atom. The molecule has 0 saturated carbocycles. The largest absolute Gasteiger partial charge is 0.361 e. The summed E-state index contributed by atoms with van der Waals surface area (Å²) < 4.78 is 0. The van der Waals surface area contributed by atoms with Crippen LogP contribution in [0.15, 0.2) is 0 Å². The van der Waals surface area contributed by atoms with Crippen LogP contribution in [0.2, 0.25) is 0 Å². The Hall–Kier alpha value is -0.610. The molecule has 1 aliphatic rings. The van der Waals surface area contributed by atoms with Crippen molar-refractivity contribution < 1.29 is 0 Å². The summed E-state index contributed by atoms with van der Waals surface area (Å²) in [6, 6.07) is 0. The molecular weight excluding hydrogens is 230 g/mol. The van der Waals surface area contributed by atoms with E-state index in [0.717, 1.165) is 17.6 Å². The van der Waals surface area contributed by atoms with E-state index in [2.05, 4.69) is 36.0 Å². The molecule has 0 spiro atoms. The molecule has 1 fully saturated rings. The molecule has 17 heavy (non-hydrogen) atoms. The van der Waals surface area contributed by atoms with Crippen molar-refractivity contribution in [2.45, 2.75) is 33.6 Å². The van der Waals surface area contributed by atoms with Gasteiger partial charge >= 0.3 is 0 Å². The molecule has 96 valence electrons. The molecule has 2 heterocycles. The van der Waals surface area contributed by atoms with Gasteiger partial charge < -0.3 is 10.2 Å². The Bertz CT molecular complexity index is 334. The smallest absolute Gasteiger partial charge is 0.183 e. The Morgan fingerprint density at radius 2 is 2.06 bits per heavy atom. The maximum absolute atomic E-state index is 4.52. The first kappa shape index (κ1) is 12.8. The van der Waals surface area contributed by atoms with Gasteiger partial charge in [-0.25, -0.2) is 4.98 Å². The second kappa shape index (κ2) is 5.83. The van der Waals surface area contributed by atoms with Crippen molar-refractivity contribution in [3.63, 3.8) is 0 Å². The molecule has 1 aromatic heterocycles. The predicted molar refractivity (Wildman–Crippen MR) is 74.9 cm³/mol. The third-order valence-electron chi connectivity index (χ3n) is 3.72. The lowest BCUT2D eigenvalue weighted by Crippen LogP contribution is -2.35. The number of thiazole rings is 1. The zero-order valence-electron chi connectivity index (χ0n) is 11.1. The number of likely N-dealkylation sites (tertiary alicyclic amines) is 1. The van der Waals surface area contributed by atoms with E-state index < -0.39 is 0 Å². The molecule has 0 radical (unpaired) electrons. The maximum Gasteiger partial charge on any atom is 0.183 e. The topological polar surface area (TPSA) is 28.2 Å². The summed E-state index contributed by atoms with van der Waals surface area (Å²) in [5, 5.41) is 4.59. The lowest BCUT2D eigenvalue weighted by molar-refractivity contribution is 0.198. The first-order chi connectivity index (χ1) is 8.19. The van der Waals surface area contributed by atoms with E-state index in [-0.39, 0.29) is 0 Å². The number of anilines is 1. The van der Waals surface area contributed by atoms with E-state index in [9.17, 15) is 0 Å². The van der Waals surface area contributed by atoms with Crippen LogP contribution in [-0.4, -0.2) is 36.1 Å². The first-order valence-electron chi connectivity index (χ1n) is 6.59. The van der Waals surface area contributed by atoms with Crippen molar-refractivity contribution in [1.82, 2.24) is 9.88 Å². The predicted octanol–water partition coefficient (Wildman–Crippen LogP) is 2.90. The molecule has 0 aliphatic carbocycles. The van der Waals surface area contributed by atoms with Crippen LogP contribution >= 0.6 is 11.3 Å². The van der Waals surface area contributed by atoms with E-state index in [0.29, 0.717) is 0 Å². The highest BCUT2D eigenvalue weighted by Gasteiger charge is 2.18. The van der Waals surface area contributed by atoms with Crippen molar-refractivity contribution in [2.75, 3.05) is 31.5 Å². The molecule has 4 heteroatoms. The molecule has 3 nitrogen and oxygen atoms in total. The second-order valence-electron chi connectivity index (χ2n) is 4.92. The monoisotopic (exact) mass is 253 g/mol. The van der Waals surface area contributed by atoms with E-state index in [1.807, 2.05) is 0 Å². The van der Waals surface area contributed by atoms with Gasteiger partial charge in [0.15, 0.2) is 5.13 Å². The number of hydrogen-bond acceptors (Lipinski definition) is 4. The molecule has 0 unspecified atom stereocenters. The Balaban J connectivity index is 1.75. The standard InChI is InChI=1S/C13H23N3S/c1-4-16-7-5-12(6-8-16)9-14-13-15-10(2)11(3)17-13/h12H,4-9H2,1-3H3,(H,14,15). The van der Waals surface area contributed by atoms with Gasteiger partial charge in [-0.05, 0) is 52.2 Å². The van der Waals surface area contributed by atoms with Crippen LogP contribution < -0.4 is 5.32 Å². The van der Waals surface area contributed by atoms with Gasteiger partial charge in [-0.3, -0.25) is 0 Å². The van der Waals surface area contributed by atoms with Crippen molar-refractivity contribution in [3.8, 4) is 0 Å². The van der Waals surface area contributed by atoms with Crippen LogP contribution in [0.4, 0.5) is 5.13 Å². The maximum atomic E-state index is 4.52. The fourth-order valence-corrected chi connectivity index (χ4v) is 3.11. The number of nitrogens with one attached hydrogen (secondary N) is 1. The molecular formula is C13H23N3S. The number of nitrogens with zero attached hydrogens (tertiary/aromatic N) is 2. The number of rotatable bonds is 4. The molecule has 2 rings (SSSR count). The van der Waals surface area contributed by atoms with Gasteiger partial charge in [0.25, 0.3) is 0 Å². The lowest BCUT2D eigenvalue weighted by atomic mass is 9.97. The highest BCUT2D eigenvalue weighted by atomic mass is 32.1. The van der Waals surface area contributed by atoms with Gasteiger partial charge in [0.2, 0.25) is 0 Å². The highest BCUT2D eigenvalue weighted by molar-refractivity contribution is 7.15. The second-order valence-corrected chi connectivity index (χ2v) is 6.12. The number of piperidine rings is 1. The zero-order chi connectivity index (χ0) is 12.3. The highest BCUT2D eigenvalue weighted by Crippen LogP contribution is 2.23. The lowest BCUT2D eigenvalue weighted by Gasteiger charge is -2.30. The first-order valence-corrected chi connectivity index (χ1v) is 7.41. The quantitative estimate of drug-likeness (QED) is 0.894. The molecule has 1 saturated heterocycles. The van der Waals surface area contributed by atoms with Gasteiger partial charge in [0.05, 0.1) is 5.69 Å². The molecule has 0 amide bonds. The molecule has 0 bridgehead atoms. The van der Waals surface area contributed by atoms with Gasteiger partial charge in [-0.2, -0.15) is 0 Å². The number of hydrogen-bond donors (Lipinski definition) is 1. The van der Waals surface area contributed by atoms with Crippen LogP contribution in [0.5, 0.6) is 0 Å². The molecule has 1 aliphatic heterocycles. The minimum Gasteiger partial charge on any atom is -0.361 e. The average molecular weight is 253 g/mol. The number of aromatic nitrogens is 1. The third kappa shape index (κ3) is 3.42. The zero-order valence-corrected chi connectivity index (χ0v) is 11.9. The summed E-state index contributed by atoms with van der Waals surface area (Å²) in [7, 11) is 0. The SMILES string of the molecule is CCN1CCC(CNc2nc(C)c(C)s2)CC1. The van der Waals surface area contributed by atoms with Gasteiger partial charge in [-0.1, -0.05) is 6.92 Å². The Morgan fingerprint density at radius 1 is 1.35 bits per heavy atom. The fraction of sp³-hybridized carbons (Fsp3) is 0.769. The van der Waals surface area contributed by atoms with Crippen molar-refractivity contribution in [3.05, 3.63) is 10.6 Å². The van der Waals surface area contributed by atoms with Crippen LogP contribution in [0.25, 0.3) is 0 Å². The van der Waals surface area contributed by atoms with Gasteiger partial charge in [0.1, 0.15) is 0 Å². The Kier molecular flexibility index (Phi) is 4.40. The van der Waals surface area contributed by atoms with Crippen LogP contribution in [0.3, 0.4) is 0 Å². The van der Waals surface area contributed by atoms with E-state index in [1.165, 1.54) is 43.0 Å². The molecule has 1 N–H and O–H groups in total. The normalized spacial score (nSPS) is 18.5. The summed E-state index contributed by atoms with van der Waals surface area (Å²) >= 11 is 1.78. The van der Waals surface area contributed by atoms with E-state index in [1.54, 1.807) is 11.3 Å². The summed E-state index contributed by atoms with van der Waals surface area (Å²) in [6.07, 6.45) is 2.65. The number of aryl methyl sites for hydroxylation is 2. The van der Waals surface area contributed by atoms with Crippen LogP contribution in [0.1, 0.15) is 30.3 Å². The Labute approximate surface area is 108 Å². The summed E-state index contributed by atoms with van der Waals surface area (Å²) in [5.74, 6) is 0.822. The van der Waals surface area contributed by atoms with Crippen molar-refractivity contribution >= 4 is 16.5 Å². The summed E-state index contributed by atoms with van der Waals surface area (Å²) in [4.78, 5) is 8.39. The summed E-state index contributed by atoms with van der Waals surface area (Å²) in [6.45, 7) is 11.3. The molecule has 1 aromatic rings. The summed E-state index contributed by atoms with van der Waals surface area (Å²) in [5.41, 5.74) is 1.17. The van der Waals surface area contributed by atoms with Crippen LogP contribution in [-0.2, 0) is 0 Å². The molecule has 0 atom stereocenters. The van der Waals surface area contributed by atoms with Crippen molar-refractivity contribution in [2.24, 2.45) is 5.92 Å². The van der Waals surface area contributed by atoms with E-state index >= 15 is 0 Å².